The van der Waals surface area contributed by atoms with Crippen LogP contribution in [0.25, 0.3) is 0 Å². The second kappa shape index (κ2) is 8.71. The van der Waals surface area contributed by atoms with Crippen LogP contribution >= 0.6 is 0 Å². The van der Waals surface area contributed by atoms with Crippen molar-refractivity contribution in [2.45, 2.75) is 32.4 Å². The summed E-state index contributed by atoms with van der Waals surface area (Å²) in [5, 5.41) is 5.42. The summed E-state index contributed by atoms with van der Waals surface area (Å²) in [6.45, 7) is 3.57. The number of carbonyl (C=O) groups is 1. The monoisotopic (exact) mass is 366 g/mol. The molecule has 2 rings (SSSR count). The van der Waals surface area contributed by atoms with Crippen LogP contribution in [0.4, 0.5) is 18.9 Å². The lowest BCUT2D eigenvalue weighted by molar-refractivity contribution is -0.118. The minimum absolute atomic E-state index is 0.114. The van der Waals surface area contributed by atoms with Gasteiger partial charge in [0.05, 0.1) is 18.8 Å². The van der Waals surface area contributed by atoms with Gasteiger partial charge in [-0.2, -0.15) is 0 Å². The van der Waals surface area contributed by atoms with E-state index in [4.69, 9.17) is 4.74 Å². The number of ether oxygens (including phenoxy) is 1. The van der Waals surface area contributed by atoms with Gasteiger partial charge < -0.3 is 10.1 Å². The lowest BCUT2D eigenvalue weighted by atomic mass is 10.0. The van der Waals surface area contributed by atoms with Crippen LogP contribution in [0.5, 0.6) is 5.75 Å². The van der Waals surface area contributed by atoms with Crippen LogP contribution in [-0.4, -0.2) is 19.1 Å². The highest BCUT2D eigenvalue weighted by Gasteiger charge is 2.21. The van der Waals surface area contributed by atoms with Crippen molar-refractivity contribution in [2.24, 2.45) is 0 Å². The number of benzene rings is 2. The molecule has 0 saturated heterocycles. The average molecular weight is 366 g/mol. The Kier molecular flexibility index (Phi) is 6.63. The van der Waals surface area contributed by atoms with Gasteiger partial charge in [-0.05, 0) is 43.2 Å². The molecule has 0 aliphatic carbocycles. The molecule has 0 fully saturated rings. The number of hydrogen-bond acceptors (Lipinski definition) is 3. The van der Waals surface area contributed by atoms with Gasteiger partial charge in [-0.15, -0.1) is 0 Å². The third kappa shape index (κ3) is 4.54. The second-order valence-corrected chi connectivity index (χ2v) is 5.83. The van der Waals surface area contributed by atoms with E-state index in [1.54, 1.807) is 14.0 Å². The van der Waals surface area contributed by atoms with Crippen molar-refractivity contribution in [2.75, 3.05) is 12.4 Å². The van der Waals surface area contributed by atoms with Crippen molar-refractivity contribution < 1.29 is 22.7 Å². The molecule has 1 amide bonds. The minimum atomic E-state index is -1.62. The van der Waals surface area contributed by atoms with E-state index in [2.05, 4.69) is 10.6 Å². The number of anilines is 1. The summed E-state index contributed by atoms with van der Waals surface area (Å²) < 4.78 is 45.0. The van der Waals surface area contributed by atoms with E-state index >= 15 is 0 Å². The van der Waals surface area contributed by atoms with Crippen LogP contribution in [0, 0.1) is 17.5 Å². The predicted molar refractivity (Wildman–Crippen MR) is 93.6 cm³/mol. The van der Waals surface area contributed by atoms with E-state index in [1.807, 2.05) is 31.2 Å². The second-order valence-electron chi connectivity index (χ2n) is 5.83. The van der Waals surface area contributed by atoms with Gasteiger partial charge in [-0.1, -0.05) is 19.1 Å². The molecule has 0 aliphatic rings. The Bertz CT molecular complexity index is 766. The first kappa shape index (κ1) is 19.8. The zero-order chi connectivity index (χ0) is 19.3. The van der Waals surface area contributed by atoms with Crippen molar-refractivity contribution >= 4 is 11.6 Å². The van der Waals surface area contributed by atoms with Crippen molar-refractivity contribution in [1.29, 1.82) is 0 Å². The molecule has 0 unspecified atom stereocenters. The Morgan fingerprint density at radius 3 is 2.31 bits per heavy atom. The predicted octanol–water partition coefficient (Wildman–Crippen LogP) is 4.18. The van der Waals surface area contributed by atoms with Gasteiger partial charge in [-0.25, -0.2) is 13.2 Å². The lowest BCUT2D eigenvalue weighted by Gasteiger charge is -2.22. The molecule has 2 atom stereocenters. The van der Waals surface area contributed by atoms with Gasteiger partial charge in [0.2, 0.25) is 5.91 Å². The lowest BCUT2D eigenvalue weighted by Crippen LogP contribution is -2.40. The smallest absolute Gasteiger partial charge is 0.241 e. The molecule has 0 aromatic heterocycles. The number of amides is 1. The van der Waals surface area contributed by atoms with Crippen LogP contribution in [0.15, 0.2) is 36.4 Å². The first-order chi connectivity index (χ1) is 12.4. The fourth-order valence-electron chi connectivity index (χ4n) is 2.53. The van der Waals surface area contributed by atoms with Gasteiger partial charge in [0.1, 0.15) is 5.75 Å². The standard InChI is InChI=1S/C19H21F3N2O2/c1-4-15(12-5-7-13(26-3)8-6-12)23-11(2)19(25)24-16-10-9-14(20)17(21)18(16)22/h5-11,15,23H,4H2,1-3H3,(H,24,25)/t11-,15+/m1/s1. The van der Waals surface area contributed by atoms with E-state index in [1.165, 1.54) is 0 Å². The molecular weight excluding hydrogens is 345 g/mol. The fraction of sp³-hybridized carbons (Fsp3) is 0.316. The van der Waals surface area contributed by atoms with E-state index in [0.29, 0.717) is 6.42 Å². The first-order valence-electron chi connectivity index (χ1n) is 8.21. The maximum Gasteiger partial charge on any atom is 0.241 e. The van der Waals surface area contributed by atoms with E-state index in [0.717, 1.165) is 23.4 Å². The van der Waals surface area contributed by atoms with E-state index in [9.17, 15) is 18.0 Å². The number of methoxy groups -OCH3 is 1. The van der Waals surface area contributed by atoms with Gasteiger partial charge >= 0.3 is 0 Å². The zero-order valence-electron chi connectivity index (χ0n) is 14.8. The Balaban J connectivity index is 2.06. The Morgan fingerprint density at radius 2 is 1.73 bits per heavy atom. The summed E-state index contributed by atoms with van der Waals surface area (Å²) in [7, 11) is 1.58. The Hall–Kier alpha value is -2.54. The Labute approximate surface area is 150 Å². The van der Waals surface area contributed by atoms with Crippen LogP contribution in [0.3, 0.4) is 0 Å². The summed E-state index contributed by atoms with van der Waals surface area (Å²) in [6.07, 6.45) is 0.712. The summed E-state index contributed by atoms with van der Waals surface area (Å²) in [5.41, 5.74) is 0.562. The van der Waals surface area contributed by atoms with Crippen molar-refractivity contribution in [1.82, 2.24) is 5.32 Å². The quantitative estimate of drug-likeness (QED) is 0.723. The normalized spacial score (nSPS) is 13.2. The molecule has 4 nitrogen and oxygen atoms in total. The maximum atomic E-state index is 13.7. The molecule has 0 aliphatic heterocycles. The van der Waals surface area contributed by atoms with Crippen molar-refractivity contribution in [3.05, 3.63) is 59.4 Å². The number of hydrogen-bond donors (Lipinski definition) is 2. The molecule has 0 heterocycles. The van der Waals surface area contributed by atoms with E-state index in [-0.39, 0.29) is 6.04 Å². The topological polar surface area (TPSA) is 50.4 Å². The highest BCUT2D eigenvalue weighted by atomic mass is 19.2. The van der Waals surface area contributed by atoms with Crippen LogP contribution in [-0.2, 0) is 4.79 Å². The van der Waals surface area contributed by atoms with Gasteiger partial charge in [-0.3, -0.25) is 10.1 Å². The molecule has 0 saturated carbocycles. The SMILES string of the molecule is CC[C@H](N[C@H](C)C(=O)Nc1ccc(F)c(F)c1F)c1ccc(OC)cc1. The largest absolute Gasteiger partial charge is 0.497 e. The molecule has 2 aromatic carbocycles. The summed E-state index contributed by atoms with van der Waals surface area (Å²) >= 11 is 0. The molecular formula is C19H21F3N2O2. The molecule has 0 bridgehead atoms. The number of rotatable bonds is 7. The molecule has 7 heteroatoms. The molecule has 2 N–H and O–H groups in total. The van der Waals surface area contributed by atoms with Crippen LogP contribution in [0.1, 0.15) is 31.9 Å². The molecule has 0 spiro atoms. The summed E-state index contributed by atoms with van der Waals surface area (Å²) in [4.78, 5) is 12.3. The van der Waals surface area contributed by atoms with Gasteiger partial charge in [0.15, 0.2) is 17.5 Å². The summed E-state index contributed by atoms with van der Waals surface area (Å²) in [6, 6.07) is 8.37. The highest BCUT2D eigenvalue weighted by molar-refractivity contribution is 5.94. The first-order valence-corrected chi connectivity index (χ1v) is 8.21. The third-order valence-corrected chi connectivity index (χ3v) is 4.06. The molecule has 2 aromatic rings. The maximum absolute atomic E-state index is 13.7. The third-order valence-electron chi connectivity index (χ3n) is 4.06. The zero-order valence-corrected chi connectivity index (χ0v) is 14.8. The average Bonchev–Trinajstić information content (AvgIpc) is 2.66. The van der Waals surface area contributed by atoms with Crippen molar-refractivity contribution in [3.8, 4) is 5.75 Å². The number of halogens is 3. The molecule has 140 valence electrons. The molecule has 26 heavy (non-hydrogen) atoms. The van der Waals surface area contributed by atoms with Crippen molar-refractivity contribution in [3.63, 3.8) is 0 Å². The minimum Gasteiger partial charge on any atom is -0.497 e. The van der Waals surface area contributed by atoms with E-state index < -0.39 is 35.1 Å². The number of carbonyl (C=O) groups excluding carboxylic acids is 1. The van der Waals surface area contributed by atoms with Gasteiger partial charge in [0, 0.05) is 6.04 Å². The molecule has 0 radical (unpaired) electrons. The number of nitrogens with one attached hydrogen (secondary N) is 2. The summed E-state index contributed by atoms with van der Waals surface area (Å²) in [5.74, 6) is -4.18. The van der Waals surface area contributed by atoms with Crippen LogP contribution < -0.4 is 15.4 Å². The van der Waals surface area contributed by atoms with Gasteiger partial charge in [0.25, 0.3) is 0 Å². The van der Waals surface area contributed by atoms with Crippen LogP contribution in [0.2, 0.25) is 0 Å². The fourth-order valence-corrected chi connectivity index (χ4v) is 2.53. The Morgan fingerprint density at radius 1 is 1.08 bits per heavy atom. The highest BCUT2D eigenvalue weighted by Crippen LogP contribution is 2.22.